The molecule has 4 aliphatic heterocycles. The minimum atomic E-state index is -1.79. The van der Waals surface area contributed by atoms with Gasteiger partial charge in [0.1, 0.15) is 66.5 Å². The third-order valence-electron chi connectivity index (χ3n) is 17.5. The van der Waals surface area contributed by atoms with Crippen molar-refractivity contribution in [1.29, 1.82) is 0 Å². The van der Waals surface area contributed by atoms with Crippen LogP contribution in [0.2, 0.25) is 0 Å². The van der Waals surface area contributed by atoms with Crippen molar-refractivity contribution in [3.8, 4) is 0 Å². The third-order valence-corrected chi connectivity index (χ3v) is 17.5. The Kier molecular flexibility index (Phi) is 30.3. The lowest BCUT2D eigenvalue weighted by molar-refractivity contribution is -0.415. The highest BCUT2D eigenvalue weighted by Crippen LogP contribution is 2.26. The first-order valence-corrected chi connectivity index (χ1v) is 32.4. The molecule has 4 saturated heterocycles. The molecule has 0 radical (unpaired) electrons. The van der Waals surface area contributed by atoms with Gasteiger partial charge < -0.3 is 88.1 Å². The highest BCUT2D eigenvalue weighted by molar-refractivity contribution is 6.00. The van der Waals surface area contributed by atoms with Crippen LogP contribution < -0.4 is 43.0 Å². The van der Waals surface area contributed by atoms with E-state index in [1.54, 1.807) is 34.6 Å². The molecule has 4 aliphatic rings. The number of nitrogens with zero attached hydrogens (tertiary/aromatic N) is 4. The summed E-state index contributed by atoms with van der Waals surface area (Å²) in [5, 5.41) is 66.9. The second-order valence-corrected chi connectivity index (χ2v) is 25.9. The van der Waals surface area contributed by atoms with Crippen LogP contribution >= 0.6 is 0 Å². The second kappa shape index (κ2) is 36.4. The van der Waals surface area contributed by atoms with Crippen LogP contribution in [-0.4, -0.2) is 239 Å². The number of carbonyl (C=O) groups excluding carboxylic acids is 11. The van der Waals surface area contributed by atoms with Gasteiger partial charge in [-0.15, -0.1) is 0 Å². The fraction of sp³-hybridized carbons (Fsp3) is 0.754. The van der Waals surface area contributed by atoms with Gasteiger partial charge in [0.25, 0.3) is 5.91 Å². The van der Waals surface area contributed by atoms with Gasteiger partial charge in [0, 0.05) is 51.4 Å². The minimum absolute atomic E-state index is 0.0122. The molecule has 0 aromatic carbocycles. The minimum Gasteiger partial charge on any atom is -0.481 e. The summed E-state index contributed by atoms with van der Waals surface area (Å²) in [6.45, 7) is 13.1. The van der Waals surface area contributed by atoms with E-state index in [0.29, 0.717) is 25.7 Å². The number of hydrogen-bond acceptors (Lipinski definition) is 16. The molecule has 522 valence electrons. The van der Waals surface area contributed by atoms with Gasteiger partial charge in [-0.3, -0.25) is 67.1 Å². The highest BCUT2D eigenvalue weighted by atomic mass is 16.4. The Labute approximate surface area is 540 Å². The van der Waals surface area contributed by atoms with Crippen molar-refractivity contribution in [2.75, 3.05) is 32.8 Å². The van der Waals surface area contributed by atoms with Gasteiger partial charge in [-0.2, -0.15) is 0 Å². The zero-order valence-electron chi connectivity index (χ0n) is 54.6. The van der Waals surface area contributed by atoms with Gasteiger partial charge in [-0.25, -0.2) is 4.79 Å². The number of aliphatic carboxylic acids is 4. The summed E-state index contributed by atoms with van der Waals surface area (Å²) in [7, 11) is 0. The Morgan fingerprint density at radius 2 is 0.742 bits per heavy atom. The molecule has 11 amide bonds. The number of aliphatic hydroxyl groups excluding tert-OH is 1. The van der Waals surface area contributed by atoms with Crippen LogP contribution in [-0.2, 0) is 71.9 Å². The first-order valence-electron chi connectivity index (χ1n) is 32.4. The Bertz CT molecular complexity index is 2730. The number of quaternary nitrogens is 1. The number of amides is 11. The maximum Gasteiger partial charge on any atom is 0.326 e. The van der Waals surface area contributed by atoms with Crippen molar-refractivity contribution in [3.05, 3.63) is 0 Å². The Balaban J connectivity index is 1.48. The molecular formula is C61H99N12O20+. The molecule has 4 fully saturated rings. The summed E-state index contributed by atoms with van der Waals surface area (Å²) in [6, 6.07) is -15.8. The summed E-state index contributed by atoms with van der Waals surface area (Å²) in [5.41, 5.74) is 3.89. The molecule has 0 saturated carbocycles. The van der Waals surface area contributed by atoms with E-state index in [9.17, 15) is 97.5 Å². The Morgan fingerprint density at radius 1 is 0.419 bits per heavy atom. The lowest BCUT2D eigenvalue weighted by Crippen LogP contribution is -2.71. The van der Waals surface area contributed by atoms with Gasteiger partial charge in [0.05, 0.1) is 6.61 Å². The first-order chi connectivity index (χ1) is 43.7. The Morgan fingerprint density at radius 3 is 1.14 bits per heavy atom. The molecule has 32 heteroatoms. The molecular weight excluding hydrogens is 1220 g/mol. The van der Waals surface area contributed by atoms with Crippen molar-refractivity contribution in [1.82, 2.24) is 56.8 Å². The largest absolute Gasteiger partial charge is 0.481 e. The van der Waals surface area contributed by atoms with Crippen molar-refractivity contribution in [2.45, 2.75) is 237 Å². The molecule has 4 heterocycles. The van der Waals surface area contributed by atoms with Crippen LogP contribution in [0, 0.1) is 23.7 Å². The monoisotopic (exact) mass is 1320 g/mol. The van der Waals surface area contributed by atoms with Crippen LogP contribution in [0.15, 0.2) is 0 Å². The number of carboxylic acid groups (broad SMARTS) is 4. The highest BCUT2D eigenvalue weighted by Gasteiger charge is 2.46. The third kappa shape index (κ3) is 22.3. The summed E-state index contributed by atoms with van der Waals surface area (Å²) >= 11 is 0. The van der Waals surface area contributed by atoms with E-state index in [0.717, 1.165) is 9.80 Å². The van der Waals surface area contributed by atoms with Gasteiger partial charge in [-0.05, 0) is 108 Å². The van der Waals surface area contributed by atoms with E-state index in [1.165, 1.54) is 9.80 Å². The fourth-order valence-corrected chi connectivity index (χ4v) is 12.1. The van der Waals surface area contributed by atoms with Crippen LogP contribution in [0.1, 0.15) is 165 Å². The van der Waals surface area contributed by atoms with E-state index in [1.807, 2.05) is 20.8 Å². The molecule has 13 atom stereocenters. The molecule has 0 aliphatic carbocycles. The standard InChI is InChI=1S/C61H98N12O20/c1-9-34(8)48(62)56(87)64-35(18-21-45(75)76)50(81)66-38(28-31(2)3)58(89)71-25-11-14-41(71)53(84)63-36(19-22-46(77)78)51(82)69-49(33(6)7)60(91)72-26-12-16-43(72)55(86)68-40(30-74)52(83)65-37(20-23-47(79)80)57(88)70-24-10-15-42(70)54(85)67-39(29-32(4)5)59(90)73-27-13-17-44(73)61(92)93/h31-44,48-49,74H,9-30,62H2,1-8H3,(H,63,84)(H,64,87)(H,65,83)(H,66,81)(H,67,85)(H,68,86)(H,69,82)(H,75,76)(H,77,78)(H,79,80)(H,92,93)/p+1/t34-,35-,36-,37-,38-,39-,40-,41-,42-,43-,44-,48-,49-/m0/s1. The van der Waals surface area contributed by atoms with Crippen molar-refractivity contribution < 1.29 is 103 Å². The number of likely N-dealkylation sites (tertiary alicyclic amines) is 4. The second-order valence-electron chi connectivity index (χ2n) is 25.9. The smallest absolute Gasteiger partial charge is 0.326 e. The molecule has 0 aromatic heterocycles. The van der Waals surface area contributed by atoms with Crippen LogP contribution in [0.25, 0.3) is 0 Å². The van der Waals surface area contributed by atoms with E-state index < -0.39 is 206 Å². The number of rotatable bonds is 36. The number of hydrogen-bond donors (Lipinski definition) is 13. The summed E-state index contributed by atoms with van der Waals surface area (Å²) in [6.07, 6.45) is -0.523. The van der Waals surface area contributed by atoms with E-state index in [2.05, 4.69) is 43.0 Å². The predicted molar refractivity (Wildman–Crippen MR) is 328 cm³/mol. The summed E-state index contributed by atoms with van der Waals surface area (Å²) in [4.78, 5) is 207. The summed E-state index contributed by atoms with van der Waals surface area (Å²) < 4.78 is 0. The summed E-state index contributed by atoms with van der Waals surface area (Å²) in [5.74, 6) is -15.4. The van der Waals surface area contributed by atoms with Crippen LogP contribution in [0.4, 0.5) is 0 Å². The Hall–Kier alpha value is -8.03. The fourth-order valence-electron chi connectivity index (χ4n) is 12.1. The molecule has 93 heavy (non-hydrogen) atoms. The van der Waals surface area contributed by atoms with Crippen molar-refractivity contribution in [2.24, 2.45) is 23.7 Å². The normalized spacial score (nSPS) is 20.9. The predicted octanol–water partition coefficient (Wildman–Crippen LogP) is -2.58. The van der Waals surface area contributed by atoms with Gasteiger partial charge in [-0.1, -0.05) is 55.4 Å². The molecule has 0 unspecified atom stereocenters. The lowest BCUT2D eigenvalue weighted by Gasteiger charge is -2.33. The zero-order chi connectivity index (χ0) is 69.7. The van der Waals surface area contributed by atoms with Crippen LogP contribution in [0.3, 0.4) is 0 Å². The van der Waals surface area contributed by atoms with E-state index >= 15 is 0 Å². The quantitative estimate of drug-likeness (QED) is 0.0306. The maximum atomic E-state index is 14.5. The number of carboxylic acids is 4. The van der Waals surface area contributed by atoms with Crippen molar-refractivity contribution in [3.63, 3.8) is 0 Å². The average molecular weight is 1320 g/mol. The van der Waals surface area contributed by atoms with E-state index in [-0.39, 0.29) is 95.3 Å². The SMILES string of the molecule is CC[C@H](C)[C@H]([NH3+])C(=O)N[C@@H](CCC(=O)O)C(=O)N[C@@H](CC(C)C)C(=O)N1CCC[C@H]1C(=O)N[C@@H](CCC(=O)O)C(=O)N[C@H](C(=O)N1CCC[C@H]1C(=O)N[C@@H](CO)C(=O)N[C@@H](CCC(=O)O)C(=O)N1CCC[C@H]1C(=O)N[C@@H](CC(C)C)C(=O)N1CCC[C@H]1C(=O)O)C(C)C. The number of aliphatic hydroxyl groups is 1. The van der Waals surface area contributed by atoms with Gasteiger partial charge in [0.2, 0.25) is 59.1 Å². The number of nitrogens with one attached hydrogen (secondary N) is 7. The molecule has 4 rings (SSSR count). The molecule has 15 N–H and O–H groups in total. The van der Waals surface area contributed by atoms with E-state index in [4.69, 9.17) is 0 Å². The van der Waals surface area contributed by atoms with Gasteiger partial charge >= 0.3 is 23.9 Å². The zero-order valence-corrected chi connectivity index (χ0v) is 54.6. The average Bonchev–Trinajstić information content (AvgIpc) is 1.90. The lowest BCUT2D eigenvalue weighted by atomic mass is 9.98. The molecule has 32 nitrogen and oxygen atoms in total. The number of carbonyl (C=O) groups is 15. The first kappa shape index (κ1) is 77.4. The molecule has 0 aromatic rings. The van der Waals surface area contributed by atoms with Gasteiger partial charge in [0.15, 0.2) is 6.04 Å². The molecule has 0 bridgehead atoms. The van der Waals surface area contributed by atoms with Crippen molar-refractivity contribution >= 4 is 88.9 Å². The topological polar surface area (TPSA) is 482 Å². The van der Waals surface area contributed by atoms with Crippen LogP contribution in [0.5, 0.6) is 0 Å². The molecule has 0 spiro atoms. The maximum absolute atomic E-state index is 14.5.